The van der Waals surface area contributed by atoms with Gasteiger partial charge in [-0.15, -0.1) is 0 Å². The van der Waals surface area contributed by atoms with E-state index in [4.69, 9.17) is 9.15 Å². The normalized spacial score (nSPS) is 18.2. The first-order chi connectivity index (χ1) is 12.8. The van der Waals surface area contributed by atoms with Gasteiger partial charge in [-0.25, -0.2) is 18.2 Å². The lowest BCUT2D eigenvalue weighted by Crippen LogP contribution is -2.31. The molecule has 1 atom stereocenters. The summed E-state index contributed by atoms with van der Waals surface area (Å²) in [4.78, 5) is 15.9. The molecule has 0 spiro atoms. The summed E-state index contributed by atoms with van der Waals surface area (Å²) in [5.74, 6) is -0.0422. The molecular formula is C18H19N3O5S. The van der Waals surface area contributed by atoms with Gasteiger partial charge in [-0.2, -0.15) is 4.31 Å². The second kappa shape index (κ2) is 6.50. The Balaban J connectivity index is 1.55. The van der Waals surface area contributed by atoms with Crippen LogP contribution in [0.3, 0.4) is 0 Å². The van der Waals surface area contributed by atoms with E-state index in [-0.39, 0.29) is 17.5 Å². The van der Waals surface area contributed by atoms with E-state index in [1.807, 2.05) is 13.0 Å². The maximum Gasteiger partial charge on any atom is 0.419 e. The van der Waals surface area contributed by atoms with Crippen molar-refractivity contribution in [1.82, 2.24) is 13.9 Å². The van der Waals surface area contributed by atoms with E-state index in [1.54, 1.807) is 19.3 Å². The van der Waals surface area contributed by atoms with Gasteiger partial charge in [0.25, 0.3) is 0 Å². The zero-order chi connectivity index (χ0) is 19.2. The molecule has 0 unspecified atom stereocenters. The van der Waals surface area contributed by atoms with Crippen LogP contribution in [0.5, 0.6) is 5.88 Å². The standard InChI is InChI=1S/C18H19N3O5S/c1-12-3-6-17(19-10-12)25-13-7-8-21(11-13)27(23,24)14-4-5-16-15(9-14)20(2)18(22)26-16/h3-6,9-10,13H,7-8,11H2,1-2H3/t13-/m0/s1. The minimum Gasteiger partial charge on any atom is -0.473 e. The predicted octanol–water partition coefficient (Wildman–Crippen LogP) is 1.68. The molecule has 1 fully saturated rings. The molecule has 0 aliphatic carbocycles. The second-order valence-corrected chi connectivity index (χ2v) is 8.56. The van der Waals surface area contributed by atoms with Crippen LogP contribution in [0.4, 0.5) is 0 Å². The van der Waals surface area contributed by atoms with E-state index in [0.29, 0.717) is 29.9 Å². The Kier molecular flexibility index (Phi) is 4.27. The molecule has 3 heterocycles. The van der Waals surface area contributed by atoms with Gasteiger partial charge in [-0.3, -0.25) is 4.57 Å². The topological polar surface area (TPSA) is 94.6 Å². The van der Waals surface area contributed by atoms with Gasteiger partial charge >= 0.3 is 5.76 Å². The minimum absolute atomic E-state index is 0.125. The maximum absolute atomic E-state index is 13.0. The van der Waals surface area contributed by atoms with Crippen molar-refractivity contribution in [3.8, 4) is 5.88 Å². The van der Waals surface area contributed by atoms with E-state index < -0.39 is 15.8 Å². The molecule has 0 saturated carbocycles. The van der Waals surface area contributed by atoms with Crippen LogP contribution in [-0.4, -0.2) is 41.5 Å². The van der Waals surface area contributed by atoms with Crippen molar-refractivity contribution in [3.05, 3.63) is 52.6 Å². The number of sulfonamides is 1. The Morgan fingerprint density at radius 1 is 1.26 bits per heavy atom. The predicted molar refractivity (Wildman–Crippen MR) is 98.2 cm³/mol. The molecule has 4 rings (SSSR count). The summed E-state index contributed by atoms with van der Waals surface area (Å²) in [5, 5.41) is 0. The SMILES string of the molecule is Cc1ccc(O[C@H]2CCN(S(=O)(=O)c3ccc4oc(=O)n(C)c4c3)C2)nc1. The number of rotatable bonds is 4. The summed E-state index contributed by atoms with van der Waals surface area (Å²) < 4.78 is 39.5. The smallest absolute Gasteiger partial charge is 0.419 e. The van der Waals surface area contributed by atoms with E-state index in [2.05, 4.69) is 4.98 Å². The Hall–Kier alpha value is -2.65. The maximum atomic E-state index is 13.0. The molecule has 1 aliphatic heterocycles. The highest BCUT2D eigenvalue weighted by Gasteiger charge is 2.34. The van der Waals surface area contributed by atoms with Crippen molar-refractivity contribution in [2.45, 2.75) is 24.3 Å². The largest absolute Gasteiger partial charge is 0.473 e. The zero-order valence-corrected chi connectivity index (χ0v) is 15.8. The highest BCUT2D eigenvalue weighted by molar-refractivity contribution is 7.89. The number of benzene rings is 1. The molecule has 1 saturated heterocycles. The van der Waals surface area contributed by atoms with Crippen LogP contribution in [0.2, 0.25) is 0 Å². The summed E-state index contributed by atoms with van der Waals surface area (Å²) in [6, 6.07) is 8.10. The van der Waals surface area contributed by atoms with Crippen LogP contribution in [-0.2, 0) is 17.1 Å². The van der Waals surface area contributed by atoms with E-state index in [1.165, 1.54) is 27.1 Å². The third-order valence-electron chi connectivity index (χ3n) is 4.68. The van der Waals surface area contributed by atoms with Crippen molar-refractivity contribution < 1.29 is 17.6 Å². The summed E-state index contributed by atoms with van der Waals surface area (Å²) in [6.45, 7) is 2.55. The minimum atomic E-state index is -3.69. The number of hydrogen-bond donors (Lipinski definition) is 0. The number of hydrogen-bond acceptors (Lipinski definition) is 6. The number of ether oxygens (including phenoxy) is 1. The quantitative estimate of drug-likeness (QED) is 0.674. The molecule has 1 aromatic carbocycles. The number of fused-ring (bicyclic) bond motifs is 1. The monoisotopic (exact) mass is 389 g/mol. The molecule has 1 aliphatic rings. The average molecular weight is 389 g/mol. The van der Waals surface area contributed by atoms with Gasteiger partial charge < -0.3 is 9.15 Å². The van der Waals surface area contributed by atoms with Gasteiger partial charge in [0.2, 0.25) is 15.9 Å². The van der Waals surface area contributed by atoms with Crippen molar-refractivity contribution in [2.75, 3.05) is 13.1 Å². The highest BCUT2D eigenvalue weighted by atomic mass is 32.2. The lowest BCUT2D eigenvalue weighted by atomic mass is 10.3. The van der Waals surface area contributed by atoms with Crippen LogP contribution in [0, 0.1) is 6.92 Å². The highest BCUT2D eigenvalue weighted by Crippen LogP contribution is 2.25. The fourth-order valence-electron chi connectivity index (χ4n) is 3.12. The van der Waals surface area contributed by atoms with Crippen LogP contribution in [0.15, 0.2) is 50.6 Å². The molecule has 0 amide bonds. The fraction of sp³-hybridized carbons (Fsp3) is 0.333. The van der Waals surface area contributed by atoms with E-state index >= 15 is 0 Å². The van der Waals surface area contributed by atoms with Gasteiger partial charge in [0.1, 0.15) is 6.10 Å². The van der Waals surface area contributed by atoms with Gasteiger partial charge in [0.15, 0.2) is 5.58 Å². The van der Waals surface area contributed by atoms with Crippen LogP contribution in [0.25, 0.3) is 11.1 Å². The zero-order valence-electron chi connectivity index (χ0n) is 15.0. The van der Waals surface area contributed by atoms with Crippen molar-refractivity contribution >= 4 is 21.1 Å². The first-order valence-corrected chi connectivity index (χ1v) is 9.97. The fourth-order valence-corrected chi connectivity index (χ4v) is 4.63. The lowest BCUT2D eigenvalue weighted by Gasteiger charge is -2.17. The third kappa shape index (κ3) is 3.24. The van der Waals surface area contributed by atoms with Crippen LogP contribution >= 0.6 is 0 Å². The van der Waals surface area contributed by atoms with Gasteiger partial charge in [-0.1, -0.05) is 6.07 Å². The second-order valence-electron chi connectivity index (χ2n) is 6.62. The van der Waals surface area contributed by atoms with Crippen molar-refractivity contribution in [2.24, 2.45) is 7.05 Å². The third-order valence-corrected chi connectivity index (χ3v) is 6.54. The average Bonchev–Trinajstić information content (AvgIpc) is 3.22. The summed E-state index contributed by atoms with van der Waals surface area (Å²) >= 11 is 0. The number of oxazole rings is 1. The summed E-state index contributed by atoms with van der Waals surface area (Å²) in [6.07, 6.45) is 2.04. The molecule has 27 heavy (non-hydrogen) atoms. The molecule has 9 heteroatoms. The number of nitrogens with zero attached hydrogens (tertiary/aromatic N) is 3. The molecule has 0 bridgehead atoms. The van der Waals surface area contributed by atoms with Gasteiger partial charge in [0.05, 0.1) is 17.0 Å². The van der Waals surface area contributed by atoms with Crippen molar-refractivity contribution in [3.63, 3.8) is 0 Å². The van der Waals surface area contributed by atoms with E-state index in [0.717, 1.165) is 5.56 Å². The molecule has 3 aromatic rings. The lowest BCUT2D eigenvalue weighted by molar-refractivity contribution is 0.207. The first kappa shape index (κ1) is 17.7. The number of aryl methyl sites for hydroxylation is 2. The Bertz CT molecular complexity index is 1150. The molecule has 2 aromatic heterocycles. The van der Waals surface area contributed by atoms with Gasteiger partial charge in [0, 0.05) is 25.9 Å². The van der Waals surface area contributed by atoms with Crippen molar-refractivity contribution in [1.29, 1.82) is 0 Å². The first-order valence-electron chi connectivity index (χ1n) is 8.53. The van der Waals surface area contributed by atoms with E-state index in [9.17, 15) is 13.2 Å². The van der Waals surface area contributed by atoms with Gasteiger partial charge in [-0.05, 0) is 37.1 Å². The number of pyridine rings is 1. The Labute approximate surface area is 156 Å². The molecule has 8 nitrogen and oxygen atoms in total. The van der Waals surface area contributed by atoms with Crippen LogP contribution in [0.1, 0.15) is 12.0 Å². The molecule has 142 valence electrons. The number of aromatic nitrogens is 2. The Morgan fingerprint density at radius 3 is 2.81 bits per heavy atom. The summed E-state index contributed by atoms with van der Waals surface area (Å²) in [7, 11) is -2.15. The summed E-state index contributed by atoms with van der Waals surface area (Å²) in [5.41, 5.74) is 1.83. The van der Waals surface area contributed by atoms with Crippen LogP contribution < -0.4 is 10.5 Å². The Morgan fingerprint density at radius 2 is 2.07 bits per heavy atom. The molecule has 0 N–H and O–H groups in total. The molecule has 0 radical (unpaired) electrons. The molecular weight excluding hydrogens is 370 g/mol.